The molecule has 1 aromatic carbocycles. The first kappa shape index (κ1) is 8.87. The molecule has 0 saturated heterocycles. The van der Waals surface area contributed by atoms with E-state index in [1.807, 2.05) is 6.07 Å². The molecule has 0 amide bonds. The Morgan fingerprint density at radius 2 is 2.07 bits per heavy atom. The van der Waals surface area contributed by atoms with Gasteiger partial charge in [0.2, 0.25) is 0 Å². The van der Waals surface area contributed by atoms with E-state index in [0.717, 1.165) is 0 Å². The van der Waals surface area contributed by atoms with Gasteiger partial charge in [-0.05, 0) is 12.1 Å². The molecule has 2 rings (SSSR count). The summed E-state index contributed by atoms with van der Waals surface area (Å²) in [7, 11) is 0. The van der Waals surface area contributed by atoms with Crippen molar-refractivity contribution in [2.24, 2.45) is 0 Å². The van der Waals surface area contributed by atoms with Crippen molar-refractivity contribution in [3.8, 4) is 11.5 Å². The van der Waals surface area contributed by atoms with Gasteiger partial charge < -0.3 is 14.6 Å². The number of hydrogen-bond acceptors (Lipinski definition) is 3. The predicted molar refractivity (Wildman–Crippen MR) is 48.6 cm³/mol. The molecule has 0 saturated carbocycles. The Labute approximate surface area is 81.1 Å². The Bertz CT molecular complexity index is 348. The zero-order valence-electron chi connectivity index (χ0n) is 7.47. The molecule has 0 radical (unpaired) electrons. The smallest absolute Gasteiger partial charge is 0.345 e. The molecule has 0 aromatic heterocycles. The van der Waals surface area contributed by atoms with Crippen LogP contribution in [0.25, 0.3) is 0 Å². The van der Waals surface area contributed by atoms with Crippen molar-refractivity contribution in [2.75, 3.05) is 6.61 Å². The molecule has 1 heterocycles. The molecule has 4 nitrogen and oxygen atoms in total. The molecule has 14 heavy (non-hydrogen) atoms. The topological polar surface area (TPSA) is 55.8 Å². The van der Waals surface area contributed by atoms with Crippen LogP contribution in [0.1, 0.15) is 6.42 Å². The van der Waals surface area contributed by atoms with Gasteiger partial charge in [0.25, 0.3) is 0 Å². The van der Waals surface area contributed by atoms with E-state index in [1.54, 1.807) is 18.2 Å². The lowest BCUT2D eigenvalue weighted by Gasteiger charge is -2.10. The van der Waals surface area contributed by atoms with Crippen LogP contribution in [0.3, 0.4) is 0 Å². The minimum atomic E-state index is -0.953. The SMILES string of the molecule is O=C(O)[C@@H]1CCOc2ccccc2O1. The standard InChI is InChI=1S/C10H10O4/c11-10(12)9-5-6-13-7-3-1-2-4-8(7)14-9/h1-4,9H,5-6H2,(H,11,12)/t9-/m0/s1. The van der Waals surface area contributed by atoms with E-state index in [0.29, 0.717) is 24.5 Å². The van der Waals surface area contributed by atoms with Gasteiger partial charge in [0, 0.05) is 6.42 Å². The van der Waals surface area contributed by atoms with E-state index in [9.17, 15) is 4.79 Å². The number of para-hydroxylation sites is 2. The van der Waals surface area contributed by atoms with Crippen LogP contribution in [0.2, 0.25) is 0 Å². The van der Waals surface area contributed by atoms with Crippen LogP contribution in [0.5, 0.6) is 11.5 Å². The Morgan fingerprint density at radius 3 is 2.79 bits per heavy atom. The second-order valence-corrected chi connectivity index (χ2v) is 3.03. The third kappa shape index (κ3) is 1.64. The van der Waals surface area contributed by atoms with Gasteiger partial charge in [-0.15, -0.1) is 0 Å². The zero-order chi connectivity index (χ0) is 9.97. The molecular weight excluding hydrogens is 184 g/mol. The number of fused-ring (bicyclic) bond motifs is 1. The Kier molecular flexibility index (Phi) is 2.26. The number of rotatable bonds is 1. The van der Waals surface area contributed by atoms with Crippen molar-refractivity contribution in [3.05, 3.63) is 24.3 Å². The summed E-state index contributed by atoms with van der Waals surface area (Å²) in [6.07, 6.45) is -0.442. The zero-order valence-corrected chi connectivity index (χ0v) is 7.47. The first-order valence-electron chi connectivity index (χ1n) is 4.38. The van der Waals surface area contributed by atoms with Gasteiger partial charge in [-0.25, -0.2) is 4.79 Å². The average molecular weight is 194 g/mol. The Morgan fingerprint density at radius 1 is 1.36 bits per heavy atom. The van der Waals surface area contributed by atoms with E-state index in [4.69, 9.17) is 14.6 Å². The summed E-state index contributed by atoms with van der Waals surface area (Å²) in [5, 5.41) is 8.81. The van der Waals surface area contributed by atoms with E-state index in [1.165, 1.54) is 0 Å². The molecule has 1 N–H and O–H groups in total. The number of benzene rings is 1. The summed E-state index contributed by atoms with van der Waals surface area (Å²) >= 11 is 0. The highest BCUT2D eigenvalue weighted by Crippen LogP contribution is 2.30. The van der Waals surface area contributed by atoms with Crippen LogP contribution in [0, 0.1) is 0 Å². The maximum Gasteiger partial charge on any atom is 0.345 e. The number of carboxylic acid groups (broad SMARTS) is 1. The van der Waals surface area contributed by atoms with Gasteiger partial charge in [0.05, 0.1) is 6.61 Å². The molecule has 1 aliphatic heterocycles. The van der Waals surface area contributed by atoms with Crippen molar-refractivity contribution in [1.29, 1.82) is 0 Å². The molecule has 4 heteroatoms. The molecule has 0 aliphatic carbocycles. The maximum atomic E-state index is 10.7. The van der Waals surface area contributed by atoms with E-state index in [-0.39, 0.29) is 0 Å². The van der Waals surface area contributed by atoms with Gasteiger partial charge >= 0.3 is 5.97 Å². The summed E-state index contributed by atoms with van der Waals surface area (Å²) < 4.78 is 10.6. The fourth-order valence-corrected chi connectivity index (χ4v) is 1.33. The second-order valence-electron chi connectivity index (χ2n) is 3.03. The summed E-state index contributed by atoms with van der Waals surface area (Å²) in [6, 6.07) is 7.08. The quantitative estimate of drug-likeness (QED) is 0.732. The van der Waals surface area contributed by atoms with E-state index < -0.39 is 12.1 Å². The molecule has 0 unspecified atom stereocenters. The highest BCUT2D eigenvalue weighted by atomic mass is 16.5. The number of aliphatic carboxylic acids is 1. The van der Waals surface area contributed by atoms with Gasteiger partial charge in [-0.2, -0.15) is 0 Å². The normalized spacial score (nSPS) is 19.9. The third-order valence-electron chi connectivity index (χ3n) is 2.03. The lowest BCUT2D eigenvalue weighted by Crippen LogP contribution is -2.27. The van der Waals surface area contributed by atoms with Crippen LogP contribution >= 0.6 is 0 Å². The third-order valence-corrected chi connectivity index (χ3v) is 2.03. The molecule has 74 valence electrons. The minimum Gasteiger partial charge on any atom is -0.490 e. The van der Waals surface area contributed by atoms with E-state index in [2.05, 4.69) is 0 Å². The second kappa shape index (κ2) is 3.57. The largest absolute Gasteiger partial charge is 0.490 e. The van der Waals surface area contributed by atoms with Crippen molar-refractivity contribution in [3.63, 3.8) is 0 Å². The summed E-state index contributed by atoms with van der Waals surface area (Å²) in [4.78, 5) is 10.7. The van der Waals surface area contributed by atoms with Crippen LogP contribution in [-0.4, -0.2) is 23.8 Å². The highest BCUT2D eigenvalue weighted by Gasteiger charge is 2.23. The number of carboxylic acids is 1. The van der Waals surface area contributed by atoms with Crippen LogP contribution < -0.4 is 9.47 Å². The van der Waals surface area contributed by atoms with Crippen LogP contribution in [0.4, 0.5) is 0 Å². The molecule has 0 spiro atoms. The first-order valence-corrected chi connectivity index (χ1v) is 4.38. The van der Waals surface area contributed by atoms with Crippen molar-refractivity contribution < 1.29 is 19.4 Å². The summed E-state index contributed by atoms with van der Waals surface area (Å²) in [5.41, 5.74) is 0. The van der Waals surface area contributed by atoms with Crippen molar-refractivity contribution in [1.82, 2.24) is 0 Å². The number of ether oxygens (including phenoxy) is 2. The van der Waals surface area contributed by atoms with Gasteiger partial charge in [-0.1, -0.05) is 12.1 Å². The number of carbonyl (C=O) groups is 1. The van der Waals surface area contributed by atoms with Gasteiger partial charge in [-0.3, -0.25) is 0 Å². The monoisotopic (exact) mass is 194 g/mol. The first-order chi connectivity index (χ1) is 6.77. The van der Waals surface area contributed by atoms with Gasteiger partial charge in [0.1, 0.15) is 0 Å². The molecule has 0 bridgehead atoms. The molecular formula is C10H10O4. The minimum absolute atomic E-state index is 0.365. The predicted octanol–water partition coefficient (Wildman–Crippen LogP) is 1.30. The molecule has 1 atom stereocenters. The maximum absolute atomic E-state index is 10.7. The molecule has 1 aliphatic rings. The van der Waals surface area contributed by atoms with Crippen molar-refractivity contribution in [2.45, 2.75) is 12.5 Å². The summed E-state index contributed by atoms with van der Waals surface area (Å²) in [6.45, 7) is 0.369. The lowest BCUT2D eigenvalue weighted by atomic mass is 10.2. The Balaban J connectivity index is 2.26. The lowest BCUT2D eigenvalue weighted by molar-refractivity contribution is -0.145. The van der Waals surface area contributed by atoms with Crippen LogP contribution in [0.15, 0.2) is 24.3 Å². The Hall–Kier alpha value is -1.71. The van der Waals surface area contributed by atoms with Crippen molar-refractivity contribution >= 4 is 5.97 Å². The highest BCUT2D eigenvalue weighted by molar-refractivity contribution is 5.73. The van der Waals surface area contributed by atoms with E-state index >= 15 is 0 Å². The molecule has 0 fully saturated rings. The fraction of sp³-hybridized carbons (Fsp3) is 0.300. The number of hydrogen-bond donors (Lipinski definition) is 1. The fourth-order valence-electron chi connectivity index (χ4n) is 1.33. The van der Waals surface area contributed by atoms with Gasteiger partial charge in [0.15, 0.2) is 17.6 Å². The summed E-state index contributed by atoms with van der Waals surface area (Å²) in [5.74, 6) is 0.152. The average Bonchev–Trinajstić information content (AvgIpc) is 2.39. The van der Waals surface area contributed by atoms with Crippen LogP contribution in [-0.2, 0) is 4.79 Å². The molecule has 1 aromatic rings.